The predicted molar refractivity (Wildman–Crippen MR) is 246 cm³/mol. The van der Waals surface area contributed by atoms with Gasteiger partial charge in [-0.15, -0.1) is 11.3 Å². The van der Waals surface area contributed by atoms with Crippen molar-refractivity contribution in [1.82, 2.24) is 19.9 Å². The van der Waals surface area contributed by atoms with Gasteiger partial charge in [0.2, 0.25) is 0 Å². The number of nitrogens with zero attached hydrogens (tertiary/aromatic N) is 4. The van der Waals surface area contributed by atoms with Crippen molar-refractivity contribution in [1.29, 1.82) is 0 Å². The number of benzene rings is 8. The standard InChI is InChI=1S/C54H34N4S/c1-4-15-35(16-5-1)42-23-14-24-44(34-42)54-57-52(39-20-8-3-9-21-39)56-53(58-54)40-30-28-37(29-31-40)47-48-49(38-18-6-2-7-19-38)55-46-26-13-12-25-45(46)51(48)59-50(47)43-32-27-36-17-10-11-22-41(36)33-43/h1-34H. The Bertz CT molecular complexity index is 3310. The molecule has 0 bridgehead atoms. The lowest BCUT2D eigenvalue weighted by molar-refractivity contribution is 1.07. The minimum atomic E-state index is 0.619. The fourth-order valence-electron chi connectivity index (χ4n) is 8.01. The highest BCUT2D eigenvalue weighted by atomic mass is 32.1. The van der Waals surface area contributed by atoms with Gasteiger partial charge in [0.15, 0.2) is 17.5 Å². The highest BCUT2D eigenvalue weighted by Crippen LogP contribution is 2.50. The van der Waals surface area contributed by atoms with Crippen molar-refractivity contribution in [3.63, 3.8) is 0 Å². The molecule has 276 valence electrons. The number of para-hydroxylation sites is 1. The molecular weight excluding hydrogens is 737 g/mol. The van der Waals surface area contributed by atoms with Crippen LogP contribution < -0.4 is 0 Å². The molecule has 0 N–H and O–H groups in total. The van der Waals surface area contributed by atoms with Crippen LogP contribution in [0.25, 0.3) is 110 Å². The van der Waals surface area contributed by atoms with Gasteiger partial charge in [-0.1, -0.05) is 188 Å². The molecule has 0 saturated heterocycles. The molecule has 0 atom stereocenters. The van der Waals surface area contributed by atoms with Crippen LogP contribution in [-0.2, 0) is 0 Å². The van der Waals surface area contributed by atoms with Crippen LogP contribution in [-0.4, -0.2) is 19.9 Å². The quantitative estimate of drug-likeness (QED) is 0.162. The third-order valence-electron chi connectivity index (χ3n) is 10.9. The molecule has 0 aliphatic carbocycles. The first kappa shape index (κ1) is 34.6. The predicted octanol–water partition coefficient (Wildman–Crippen LogP) is 14.5. The largest absolute Gasteiger partial charge is 0.247 e. The Morgan fingerprint density at radius 2 is 0.847 bits per heavy atom. The summed E-state index contributed by atoms with van der Waals surface area (Å²) in [6.45, 7) is 0. The van der Waals surface area contributed by atoms with Crippen molar-refractivity contribution in [2.45, 2.75) is 0 Å². The maximum atomic E-state index is 5.36. The van der Waals surface area contributed by atoms with Gasteiger partial charge in [0.25, 0.3) is 0 Å². The average molecular weight is 771 g/mol. The smallest absolute Gasteiger partial charge is 0.164 e. The number of hydrogen-bond donors (Lipinski definition) is 0. The summed E-state index contributed by atoms with van der Waals surface area (Å²) in [5.41, 5.74) is 11.5. The second-order valence-corrected chi connectivity index (χ2v) is 15.6. The first-order chi connectivity index (χ1) is 29.2. The summed E-state index contributed by atoms with van der Waals surface area (Å²) >= 11 is 1.84. The van der Waals surface area contributed by atoms with E-state index in [-0.39, 0.29) is 0 Å². The van der Waals surface area contributed by atoms with Crippen LogP contribution in [0.1, 0.15) is 0 Å². The summed E-state index contributed by atoms with van der Waals surface area (Å²) in [6, 6.07) is 72.1. The Balaban J connectivity index is 1.10. The van der Waals surface area contributed by atoms with Crippen LogP contribution in [0.5, 0.6) is 0 Å². The zero-order chi connectivity index (χ0) is 39.1. The normalized spacial score (nSPS) is 11.4. The highest BCUT2D eigenvalue weighted by molar-refractivity contribution is 7.24. The second-order valence-electron chi connectivity index (χ2n) is 14.6. The molecule has 3 heterocycles. The number of hydrogen-bond acceptors (Lipinski definition) is 5. The molecule has 0 spiro atoms. The summed E-state index contributed by atoms with van der Waals surface area (Å²) in [6.07, 6.45) is 0. The van der Waals surface area contributed by atoms with Gasteiger partial charge in [0, 0.05) is 48.2 Å². The van der Waals surface area contributed by atoms with E-state index in [9.17, 15) is 0 Å². The van der Waals surface area contributed by atoms with E-state index in [4.69, 9.17) is 19.9 Å². The maximum Gasteiger partial charge on any atom is 0.164 e. The van der Waals surface area contributed by atoms with E-state index in [1.54, 1.807) is 0 Å². The molecule has 11 rings (SSSR count). The van der Waals surface area contributed by atoms with E-state index in [1.807, 2.05) is 47.7 Å². The molecule has 0 fully saturated rings. The molecular formula is C54H34N4S. The van der Waals surface area contributed by atoms with E-state index in [0.717, 1.165) is 60.9 Å². The molecule has 5 heteroatoms. The van der Waals surface area contributed by atoms with Crippen LogP contribution in [0.3, 0.4) is 0 Å². The first-order valence-corrected chi connectivity index (χ1v) is 20.5. The summed E-state index contributed by atoms with van der Waals surface area (Å²) in [5.74, 6) is 1.88. The van der Waals surface area contributed by atoms with Gasteiger partial charge in [0.05, 0.1) is 11.2 Å². The van der Waals surface area contributed by atoms with Crippen LogP contribution in [0, 0.1) is 0 Å². The third kappa shape index (κ3) is 6.44. The molecule has 59 heavy (non-hydrogen) atoms. The van der Waals surface area contributed by atoms with Crippen molar-refractivity contribution in [3.8, 4) is 78.1 Å². The van der Waals surface area contributed by atoms with E-state index in [2.05, 4.69) is 170 Å². The molecule has 11 aromatic rings. The minimum absolute atomic E-state index is 0.619. The molecule has 0 amide bonds. The Hall–Kier alpha value is -7.60. The van der Waals surface area contributed by atoms with Gasteiger partial charge in [-0.2, -0.15) is 0 Å². The lowest BCUT2D eigenvalue weighted by Crippen LogP contribution is -2.00. The van der Waals surface area contributed by atoms with Crippen molar-refractivity contribution < 1.29 is 0 Å². The first-order valence-electron chi connectivity index (χ1n) is 19.7. The SMILES string of the molecule is c1ccc(-c2cccc(-c3nc(-c4ccccc4)nc(-c4ccc(-c5c(-c6ccc7ccccc7c6)sc6c5c(-c5ccccc5)nc5ccccc56)cc4)n3)c2)cc1. The summed E-state index contributed by atoms with van der Waals surface area (Å²) in [7, 11) is 0. The number of thiophene rings is 1. The Kier molecular flexibility index (Phi) is 8.64. The zero-order valence-electron chi connectivity index (χ0n) is 31.8. The fourth-order valence-corrected chi connectivity index (χ4v) is 9.36. The Morgan fingerprint density at radius 3 is 1.58 bits per heavy atom. The van der Waals surface area contributed by atoms with Gasteiger partial charge < -0.3 is 0 Å². The molecule has 0 unspecified atom stereocenters. The second kappa shape index (κ2) is 14.7. The van der Waals surface area contributed by atoms with Gasteiger partial charge in [0.1, 0.15) is 0 Å². The summed E-state index contributed by atoms with van der Waals surface area (Å²) in [4.78, 5) is 21.8. The molecule has 0 radical (unpaired) electrons. The zero-order valence-corrected chi connectivity index (χ0v) is 32.6. The molecule has 0 aliphatic rings. The van der Waals surface area contributed by atoms with Crippen molar-refractivity contribution >= 4 is 43.1 Å². The molecule has 4 nitrogen and oxygen atoms in total. The van der Waals surface area contributed by atoms with Gasteiger partial charge in [-0.25, -0.2) is 19.9 Å². The highest BCUT2D eigenvalue weighted by Gasteiger charge is 2.23. The lowest BCUT2D eigenvalue weighted by Gasteiger charge is -2.12. The van der Waals surface area contributed by atoms with Gasteiger partial charge in [-0.3, -0.25) is 0 Å². The van der Waals surface area contributed by atoms with E-state index < -0.39 is 0 Å². The van der Waals surface area contributed by atoms with E-state index >= 15 is 0 Å². The third-order valence-corrected chi connectivity index (χ3v) is 12.2. The molecule has 8 aromatic carbocycles. The van der Waals surface area contributed by atoms with Gasteiger partial charge in [-0.05, 0) is 51.2 Å². The molecule has 3 aromatic heterocycles. The van der Waals surface area contributed by atoms with E-state index in [1.165, 1.54) is 31.5 Å². The number of fused-ring (bicyclic) bond motifs is 4. The lowest BCUT2D eigenvalue weighted by atomic mass is 9.94. The molecule has 0 aliphatic heterocycles. The van der Waals surface area contributed by atoms with Crippen LogP contribution in [0.4, 0.5) is 0 Å². The van der Waals surface area contributed by atoms with Crippen LogP contribution >= 0.6 is 11.3 Å². The summed E-state index contributed by atoms with van der Waals surface area (Å²) in [5, 5.41) is 4.74. The van der Waals surface area contributed by atoms with E-state index in [0.29, 0.717) is 17.5 Å². The maximum absolute atomic E-state index is 5.36. The minimum Gasteiger partial charge on any atom is -0.247 e. The Morgan fingerprint density at radius 1 is 0.322 bits per heavy atom. The Labute approximate surface area is 345 Å². The van der Waals surface area contributed by atoms with Crippen molar-refractivity contribution in [2.24, 2.45) is 0 Å². The number of aromatic nitrogens is 4. The topological polar surface area (TPSA) is 51.6 Å². The van der Waals surface area contributed by atoms with Crippen LogP contribution in [0.15, 0.2) is 206 Å². The number of pyridine rings is 1. The molecule has 0 saturated carbocycles. The van der Waals surface area contributed by atoms with Crippen LogP contribution in [0.2, 0.25) is 0 Å². The number of rotatable bonds is 7. The average Bonchev–Trinajstić information content (AvgIpc) is 3.73. The van der Waals surface area contributed by atoms with Crippen molar-refractivity contribution in [2.75, 3.05) is 0 Å². The summed E-state index contributed by atoms with van der Waals surface area (Å²) < 4.78 is 1.23. The fraction of sp³-hybridized carbons (Fsp3) is 0. The van der Waals surface area contributed by atoms with Gasteiger partial charge >= 0.3 is 0 Å². The monoisotopic (exact) mass is 770 g/mol. The van der Waals surface area contributed by atoms with Crippen molar-refractivity contribution in [3.05, 3.63) is 206 Å².